The maximum atomic E-state index is 12.6. The molecule has 2 aromatic carbocycles. The average molecular weight is 361 g/mol. The van der Waals surface area contributed by atoms with Gasteiger partial charge in [-0.3, -0.25) is 4.79 Å². The molecule has 0 saturated heterocycles. The molecule has 1 amide bonds. The number of fused-ring (bicyclic) bond motifs is 1. The van der Waals surface area contributed by atoms with Crippen LogP contribution in [0.2, 0.25) is 0 Å². The van der Waals surface area contributed by atoms with Crippen LogP contribution in [0.15, 0.2) is 46.9 Å². The van der Waals surface area contributed by atoms with Crippen molar-refractivity contribution in [3.63, 3.8) is 0 Å². The van der Waals surface area contributed by atoms with E-state index in [9.17, 15) is 4.79 Å². The highest BCUT2D eigenvalue weighted by atomic mass is 16.3. The largest absolute Gasteiger partial charge is 0.453 e. The minimum Gasteiger partial charge on any atom is -0.453 e. The molecule has 7 heteroatoms. The van der Waals surface area contributed by atoms with E-state index in [2.05, 4.69) is 45.9 Å². The molecule has 0 unspecified atom stereocenters. The molecule has 136 valence electrons. The Morgan fingerprint density at radius 2 is 2.07 bits per heavy atom. The second kappa shape index (κ2) is 7.03. The van der Waals surface area contributed by atoms with E-state index in [1.54, 1.807) is 12.1 Å². The smallest absolute Gasteiger partial charge is 0.255 e. The zero-order chi connectivity index (χ0) is 18.8. The van der Waals surface area contributed by atoms with Crippen molar-refractivity contribution in [1.82, 2.24) is 20.6 Å². The van der Waals surface area contributed by atoms with Crippen LogP contribution in [-0.2, 0) is 6.42 Å². The molecule has 2 aromatic heterocycles. The van der Waals surface area contributed by atoms with Crippen LogP contribution >= 0.6 is 0 Å². The number of anilines is 1. The highest BCUT2D eigenvalue weighted by molar-refractivity contribution is 6.06. The first kappa shape index (κ1) is 17.0. The molecule has 4 rings (SSSR count). The number of aromatic nitrogens is 4. The van der Waals surface area contributed by atoms with Gasteiger partial charge in [0.1, 0.15) is 5.58 Å². The van der Waals surface area contributed by atoms with Crippen molar-refractivity contribution in [1.29, 1.82) is 0 Å². The van der Waals surface area contributed by atoms with Gasteiger partial charge in [-0.1, -0.05) is 25.5 Å². The quantitative estimate of drug-likeness (QED) is 0.557. The van der Waals surface area contributed by atoms with Gasteiger partial charge in [0.15, 0.2) is 5.76 Å². The molecule has 27 heavy (non-hydrogen) atoms. The Bertz CT molecular complexity index is 1100. The minimum atomic E-state index is -0.183. The summed E-state index contributed by atoms with van der Waals surface area (Å²) in [5.41, 5.74) is 4.38. The molecule has 0 aliphatic carbocycles. The van der Waals surface area contributed by atoms with Crippen LogP contribution in [0.4, 0.5) is 5.69 Å². The SMILES string of the molecule is CCCc1ccc(NC(=O)c2ccc3cc(-c4nn[nH]n4)oc3c2)cc1C. The van der Waals surface area contributed by atoms with Crippen LogP contribution in [0.5, 0.6) is 0 Å². The third-order valence-electron chi connectivity index (χ3n) is 4.47. The molecule has 4 aromatic rings. The summed E-state index contributed by atoms with van der Waals surface area (Å²) in [5, 5.41) is 17.5. The first-order valence-electron chi connectivity index (χ1n) is 8.82. The summed E-state index contributed by atoms with van der Waals surface area (Å²) in [7, 11) is 0. The maximum Gasteiger partial charge on any atom is 0.255 e. The summed E-state index contributed by atoms with van der Waals surface area (Å²) in [6.45, 7) is 4.22. The number of furan rings is 1. The Morgan fingerprint density at radius 1 is 1.19 bits per heavy atom. The van der Waals surface area contributed by atoms with E-state index in [1.165, 1.54) is 11.1 Å². The van der Waals surface area contributed by atoms with Crippen molar-refractivity contribution in [3.8, 4) is 11.6 Å². The zero-order valence-corrected chi connectivity index (χ0v) is 15.1. The van der Waals surface area contributed by atoms with Crippen molar-refractivity contribution in [2.45, 2.75) is 26.7 Å². The van der Waals surface area contributed by atoms with Crippen LogP contribution < -0.4 is 5.32 Å². The lowest BCUT2D eigenvalue weighted by atomic mass is 10.0. The van der Waals surface area contributed by atoms with E-state index >= 15 is 0 Å². The minimum absolute atomic E-state index is 0.183. The van der Waals surface area contributed by atoms with Gasteiger partial charge < -0.3 is 9.73 Å². The lowest BCUT2D eigenvalue weighted by molar-refractivity contribution is 0.102. The van der Waals surface area contributed by atoms with E-state index in [-0.39, 0.29) is 5.91 Å². The van der Waals surface area contributed by atoms with Gasteiger partial charge in [-0.25, -0.2) is 0 Å². The number of hydrogen-bond donors (Lipinski definition) is 2. The normalized spacial score (nSPS) is 11.0. The Hall–Kier alpha value is -3.48. The Kier molecular flexibility index (Phi) is 4.42. The molecular formula is C20H19N5O2. The molecule has 7 nitrogen and oxygen atoms in total. The standard InChI is InChI=1S/C20H19N5O2/c1-3-4-13-7-8-16(9-12(13)2)21-20(26)15-6-5-14-10-18(27-17(14)11-15)19-22-24-25-23-19/h5-11H,3-4H2,1-2H3,(H,21,26)(H,22,23,24,25). The van der Waals surface area contributed by atoms with Gasteiger partial charge >= 0.3 is 0 Å². The monoisotopic (exact) mass is 361 g/mol. The molecule has 0 radical (unpaired) electrons. The predicted molar refractivity (Wildman–Crippen MR) is 103 cm³/mol. The summed E-state index contributed by atoms with van der Waals surface area (Å²) < 4.78 is 5.75. The molecular weight excluding hydrogens is 342 g/mol. The summed E-state index contributed by atoms with van der Waals surface area (Å²) in [6.07, 6.45) is 2.14. The number of H-pyrrole nitrogens is 1. The number of benzene rings is 2. The fourth-order valence-electron chi connectivity index (χ4n) is 3.08. The number of nitrogens with zero attached hydrogens (tertiary/aromatic N) is 3. The van der Waals surface area contributed by atoms with Crippen LogP contribution in [0.25, 0.3) is 22.6 Å². The predicted octanol–water partition coefficient (Wildman–Crippen LogP) is 4.13. The highest BCUT2D eigenvalue weighted by Crippen LogP contribution is 2.26. The van der Waals surface area contributed by atoms with Gasteiger partial charge in [-0.05, 0) is 60.0 Å². The van der Waals surface area contributed by atoms with E-state index in [0.29, 0.717) is 22.7 Å². The zero-order valence-electron chi connectivity index (χ0n) is 15.1. The molecule has 2 heterocycles. The third-order valence-corrected chi connectivity index (χ3v) is 4.47. The van der Waals surface area contributed by atoms with Crippen LogP contribution in [0, 0.1) is 6.92 Å². The fraction of sp³-hybridized carbons (Fsp3) is 0.200. The summed E-state index contributed by atoms with van der Waals surface area (Å²) in [6, 6.07) is 13.2. The first-order chi connectivity index (χ1) is 13.1. The van der Waals surface area contributed by atoms with E-state index < -0.39 is 0 Å². The Morgan fingerprint density at radius 3 is 2.81 bits per heavy atom. The topological polar surface area (TPSA) is 96.7 Å². The molecule has 0 atom stereocenters. The third kappa shape index (κ3) is 3.44. The van der Waals surface area contributed by atoms with Crippen molar-refractivity contribution >= 4 is 22.6 Å². The molecule has 2 N–H and O–H groups in total. The van der Waals surface area contributed by atoms with Crippen molar-refractivity contribution < 1.29 is 9.21 Å². The van der Waals surface area contributed by atoms with Crippen molar-refractivity contribution in [3.05, 3.63) is 59.2 Å². The second-order valence-corrected chi connectivity index (χ2v) is 6.44. The number of nitrogens with one attached hydrogen (secondary N) is 2. The molecule has 0 spiro atoms. The molecule has 0 aliphatic rings. The van der Waals surface area contributed by atoms with Crippen LogP contribution in [0.1, 0.15) is 34.8 Å². The number of carbonyl (C=O) groups is 1. The summed E-state index contributed by atoms with van der Waals surface area (Å²) in [5.74, 6) is 0.690. The van der Waals surface area contributed by atoms with Crippen molar-refractivity contribution in [2.75, 3.05) is 5.32 Å². The Balaban J connectivity index is 1.56. The van der Waals surface area contributed by atoms with Gasteiger partial charge in [0.05, 0.1) is 0 Å². The van der Waals surface area contributed by atoms with Crippen molar-refractivity contribution in [2.24, 2.45) is 0 Å². The lowest BCUT2D eigenvalue weighted by Crippen LogP contribution is -2.12. The van der Waals surface area contributed by atoms with Gasteiger partial charge in [-0.2, -0.15) is 5.21 Å². The number of aryl methyl sites for hydroxylation is 2. The number of hydrogen-bond acceptors (Lipinski definition) is 5. The molecule has 0 bridgehead atoms. The molecule has 0 aliphatic heterocycles. The number of carbonyl (C=O) groups excluding carboxylic acids is 1. The van der Waals surface area contributed by atoms with Gasteiger partial charge in [0.2, 0.25) is 5.82 Å². The van der Waals surface area contributed by atoms with Crippen LogP contribution in [-0.4, -0.2) is 26.5 Å². The first-order valence-corrected chi connectivity index (χ1v) is 8.82. The lowest BCUT2D eigenvalue weighted by Gasteiger charge is -2.09. The number of aromatic amines is 1. The van der Waals surface area contributed by atoms with Crippen LogP contribution in [0.3, 0.4) is 0 Å². The van der Waals surface area contributed by atoms with Gasteiger partial charge in [0.25, 0.3) is 5.91 Å². The Labute approximate surface area is 155 Å². The molecule has 0 fully saturated rings. The van der Waals surface area contributed by atoms with Gasteiger partial charge in [0, 0.05) is 16.6 Å². The average Bonchev–Trinajstić information content (AvgIpc) is 3.32. The van der Waals surface area contributed by atoms with Gasteiger partial charge in [-0.15, -0.1) is 10.2 Å². The van der Waals surface area contributed by atoms with E-state index in [0.717, 1.165) is 23.9 Å². The second-order valence-electron chi connectivity index (χ2n) is 6.44. The number of rotatable bonds is 5. The number of amides is 1. The van der Waals surface area contributed by atoms with E-state index in [4.69, 9.17) is 4.42 Å². The van der Waals surface area contributed by atoms with E-state index in [1.807, 2.05) is 24.3 Å². The maximum absolute atomic E-state index is 12.6. The number of tetrazole rings is 1. The summed E-state index contributed by atoms with van der Waals surface area (Å²) in [4.78, 5) is 12.6. The fourth-order valence-corrected chi connectivity index (χ4v) is 3.08. The molecule has 0 saturated carbocycles. The summed E-state index contributed by atoms with van der Waals surface area (Å²) >= 11 is 0. The highest BCUT2D eigenvalue weighted by Gasteiger charge is 2.13.